The molecule has 1 aromatic rings. The number of carbonyl (C=O) groups excluding carboxylic acids is 2. The number of hydrogen-bond acceptors (Lipinski definition) is 4. The van der Waals surface area contributed by atoms with Crippen LogP contribution in [0.1, 0.15) is 17.3 Å². The molecule has 0 aliphatic rings. The van der Waals surface area contributed by atoms with Gasteiger partial charge in [-0.2, -0.15) is 0 Å². The number of halogens is 1. The van der Waals surface area contributed by atoms with E-state index in [0.29, 0.717) is 5.56 Å². The zero-order chi connectivity index (χ0) is 16.8. The molecule has 0 bridgehead atoms. The van der Waals surface area contributed by atoms with Gasteiger partial charge in [-0.3, -0.25) is 9.59 Å². The standard InChI is InChI=1S/C14H17BrN2O5/c1-14(8-22-2,13(20)21)17-11(18)7-16-12(19)9-4-3-5-10(15)6-9/h3-6H,7-8H2,1-2H3,(H,16,19)(H,17,18)(H,20,21). The number of methoxy groups -OCH3 is 1. The Hall–Kier alpha value is -1.93. The molecular weight excluding hydrogens is 356 g/mol. The molecule has 0 saturated carbocycles. The molecule has 3 N–H and O–H groups in total. The molecule has 1 atom stereocenters. The Morgan fingerprint density at radius 2 is 2.05 bits per heavy atom. The van der Waals surface area contributed by atoms with Crippen LogP contribution in [0.5, 0.6) is 0 Å². The summed E-state index contributed by atoms with van der Waals surface area (Å²) >= 11 is 3.24. The van der Waals surface area contributed by atoms with Gasteiger partial charge in [-0.05, 0) is 25.1 Å². The monoisotopic (exact) mass is 372 g/mol. The van der Waals surface area contributed by atoms with Gasteiger partial charge in [0.15, 0.2) is 5.54 Å². The van der Waals surface area contributed by atoms with Gasteiger partial charge in [0.2, 0.25) is 5.91 Å². The third kappa shape index (κ3) is 5.12. The average molecular weight is 373 g/mol. The largest absolute Gasteiger partial charge is 0.479 e. The molecule has 0 fully saturated rings. The molecule has 2 amide bonds. The van der Waals surface area contributed by atoms with Gasteiger partial charge in [-0.25, -0.2) is 4.79 Å². The Kier molecular flexibility index (Phi) is 6.51. The van der Waals surface area contributed by atoms with E-state index in [1.165, 1.54) is 14.0 Å². The number of benzene rings is 1. The minimum atomic E-state index is -1.55. The van der Waals surface area contributed by atoms with Crippen LogP contribution in [-0.4, -0.2) is 48.7 Å². The molecule has 22 heavy (non-hydrogen) atoms. The van der Waals surface area contributed by atoms with Crippen molar-refractivity contribution >= 4 is 33.7 Å². The number of carbonyl (C=O) groups is 3. The predicted molar refractivity (Wildman–Crippen MR) is 82.5 cm³/mol. The summed E-state index contributed by atoms with van der Waals surface area (Å²) in [5.74, 6) is -2.27. The third-order valence-electron chi connectivity index (χ3n) is 2.82. The summed E-state index contributed by atoms with van der Waals surface area (Å²) in [6.45, 7) is 0.804. The summed E-state index contributed by atoms with van der Waals surface area (Å²) in [4.78, 5) is 34.8. The van der Waals surface area contributed by atoms with Gasteiger partial charge in [-0.1, -0.05) is 22.0 Å². The van der Waals surface area contributed by atoms with E-state index in [1.807, 2.05) is 0 Å². The number of rotatable bonds is 7. The maximum atomic E-state index is 11.9. The van der Waals surface area contributed by atoms with Crippen molar-refractivity contribution in [2.75, 3.05) is 20.3 Å². The highest BCUT2D eigenvalue weighted by molar-refractivity contribution is 9.10. The molecule has 0 saturated heterocycles. The Bertz CT molecular complexity index is 578. The SMILES string of the molecule is COCC(C)(NC(=O)CNC(=O)c1cccc(Br)c1)C(=O)O. The van der Waals surface area contributed by atoms with Crippen LogP contribution in [0.3, 0.4) is 0 Å². The molecule has 7 nitrogen and oxygen atoms in total. The van der Waals surface area contributed by atoms with Gasteiger partial charge in [-0.15, -0.1) is 0 Å². The Labute approximate surface area is 136 Å². The molecule has 0 spiro atoms. The molecule has 1 aromatic carbocycles. The normalized spacial score (nSPS) is 13.0. The van der Waals surface area contributed by atoms with Crippen molar-refractivity contribution in [3.63, 3.8) is 0 Å². The number of carboxylic acids is 1. The van der Waals surface area contributed by atoms with E-state index in [2.05, 4.69) is 26.6 Å². The first kappa shape index (κ1) is 18.1. The van der Waals surface area contributed by atoms with Crippen LogP contribution in [0.4, 0.5) is 0 Å². The van der Waals surface area contributed by atoms with Gasteiger partial charge < -0.3 is 20.5 Å². The van der Waals surface area contributed by atoms with E-state index in [-0.39, 0.29) is 13.2 Å². The van der Waals surface area contributed by atoms with Crippen molar-refractivity contribution in [3.05, 3.63) is 34.3 Å². The maximum Gasteiger partial charge on any atom is 0.331 e. The molecule has 0 radical (unpaired) electrons. The van der Waals surface area contributed by atoms with Crippen molar-refractivity contribution in [2.45, 2.75) is 12.5 Å². The zero-order valence-electron chi connectivity index (χ0n) is 12.2. The number of amides is 2. The molecule has 0 aromatic heterocycles. The molecule has 0 aliphatic heterocycles. The summed E-state index contributed by atoms with van der Waals surface area (Å²) < 4.78 is 5.53. The van der Waals surface area contributed by atoms with Crippen molar-refractivity contribution in [1.82, 2.24) is 10.6 Å². The Morgan fingerprint density at radius 1 is 1.36 bits per heavy atom. The minimum Gasteiger partial charge on any atom is -0.479 e. The van der Waals surface area contributed by atoms with Crippen molar-refractivity contribution in [1.29, 1.82) is 0 Å². The quantitative estimate of drug-likeness (QED) is 0.656. The van der Waals surface area contributed by atoms with Crippen LogP contribution >= 0.6 is 15.9 Å². The Balaban J connectivity index is 2.59. The van der Waals surface area contributed by atoms with Gasteiger partial charge in [0.05, 0.1) is 13.2 Å². The van der Waals surface area contributed by atoms with Crippen LogP contribution in [0.15, 0.2) is 28.7 Å². The van der Waals surface area contributed by atoms with E-state index in [1.54, 1.807) is 24.3 Å². The van der Waals surface area contributed by atoms with Crippen LogP contribution in [0.2, 0.25) is 0 Å². The highest BCUT2D eigenvalue weighted by atomic mass is 79.9. The molecular formula is C14H17BrN2O5. The smallest absolute Gasteiger partial charge is 0.331 e. The summed E-state index contributed by atoms with van der Waals surface area (Å²) in [6, 6.07) is 6.68. The fourth-order valence-electron chi connectivity index (χ4n) is 1.68. The number of ether oxygens (including phenoxy) is 1. The van der Waals surface area contributed by atoms with E-state index in [4.69, 9.17) is 9.84 Å². The van der Waals surface area contributed by atoms with Crippen molar-refractivity contribution in [3.8, 4) is 0 Å². The lowest BCUT2D eigenvalue weighted by atomic mass is 10.0. The number of nitrogens with one attached hydrogen (secondary N) is 2. The maximum absolute atomic E-state index is 11.9. The van der Waals surface area contributed by atoms with Crippen molar-refractivity contribution < 1.29 is 24.2 Å². The second kappa shape index (κ2) is 7.90. The second-order valence-corrected chi connectivity index (χ2v) is 5.73. The van der Waals surface area contributed by atoms with Gasteiger partial charge in [0.1, 0.15) is 0 Å². The lowest BCUT2D eigenvalue weighted by Crippen LogP contribution is -2.57. The zero-order valence-corrected chi connectivity index (χ0v) is 13.8. The first-order chi connectivity index (χ1) is 10.3. The average Bonchev–Trinajstić information content (AvgIpc) is 2.44. The number of hydrogen-bond donors (Lipinski definition) is 3. The molecule has 8 heteroatoms. The molecule has 0 aliphatic carbocycles. The van der Waals surface area contributed by atoms with E-state index in [0.717, 1.165) is 4.47 Å². The van der Waals surface area contributed by atoms with Gasteiger partial charge >= 0.3 is 5.97 Å². The summed E-state index contributed by atoms with van der Waals surface area (Å²) in [7, 11) is 1.34. The highest BCUT2D eigenvalue weighted by Gasteiger charge is 2.34. The van der Waals surface area contributed by atoms with E-state index < -0.39 is 23.3 Å². The number of carboxylic acid groups (broad SMARTS) is 1. The fraction of sp³-hybridized carbons (Fsp3) is 0.357. The van der Waals surface area contributed by atoms with E-state index >= 15 is 0 Å². The van der Waals surface area contributed by atoms with Crippen LogP contribution in [-0.2, 0) is 14.3 Å². The third-order valence-corrected chi connectivity index (χ3v) is 3.31. The van der Waals surface area contributed by atoms with E-state index in [9.17, 15) is 14.4 Å². The first-order valence-corrected chi connectivity index (χ1v) is 7.15. The molecule has 1 rings (SSSR count). The first-order valence-electron chi connectivity index (χ1n) is 6.35. The summed E-state index contributed by atoms with van der Waals surface area (Å²) in [5, 5.41) is 13.9. The Morgan fingerprint density at radius 3 is 2.59 bits per heavy atom. The highest BCUT2D eigenvalue weighted by Crippen LogP contribution is 2.11. The second-order valence-electron chi connectivity index (χ2n) is 4.81. The summed E-state index contributed by atoms with van der Waals surface area (Å²) in [5.41, 5.74) is -1.16. The molecule has 0 heterocycles. The minimum absolute atomic E-state index is 0.187. The number of aliphatic carboxylic acids is 1. The van der Waals surface area contributed by atoms with Crippen molar-refractivity contribution in [2.24, 2.45) is 0 Å². The molecule has 1 unspecified atom stereocenters. The van der Waals surface area contributed by atoms with Gasteiger partial charge in [0.25, 0.3) is 5.91 Å². The van der Waals surface area contributed by atoms with Crippen LogP contribution < -0.4 is 10.6 Å². The lowest BCUT2D eigenvalue weighted by molar-refractivity contribution is -0.149. The predicted octanol–water partition coefficient (Wildman–Crippen LogP) is 0.785. The topological polar surface area (TPSA) is 105 Å². The molecule has 120 valence electrons. The van der Waals surface area contributed by atoms with Crippen LogP contribution in [0, 0.1) is 0 Å². The van der Waals surface area contributed by atoms with Gasteiger partial charge in [0, 0.05) is 17.1 Å². The fourth-order valence-corrected chi connectivity index (χ4v) is 2.08. The lowest BCUT2D eigenvalue weighted by Gasteiger charge is -2.25. The summed E-state index contributed by atoms with van der Waals surface area (Å²) in [6.07, 6.45) is 0. The van der Waals surface area contributed by atoms with Crippen LogP contribution in [0.25, 0.3) is 0 Å².